The van der Waals surface area contributed by atoms with E-state index < -0.39 is 0 Å². The molecule has 2 aromatic rings. The Morgan fingerprint density at radius 2 is 1.89 bits per heavy atom. The lowest BCUT2D eigenvalue weighted by atomic mass is 10.1. The van der Waals surface area contributed by atoms with E-state index in [0.717, 1.165) is 28.7 Å². The maximum atomic E-state index is 6.10. The number of benzene rings is 1. The number of nitrogens with one attached hydrogen (secondary N) is 1. The molecule has 1 atom stereocenters. The zero-order chi connectivity index (χ0) is 13.3. The van der Waals surface area contributed by atoms with Crippen molar-refractivity contribution in [2.45, 2.75) is 6.04 Å². The summed E-state index contributed by atoms with van der Waals surface area (Å²) in [5.74, 6) is 0. The van der Waals surface area contributed by atoms with Crippen molar-refractivity contribution in [3.8, 4) is 0 Å². The number of halogens is 4. The molecule has 2 rings (SSSR count). The van der Waals surface area contributed by atoms with Crippen LogP contribution < -0.4 is 5.32 Å². The summed E-state index contributed by atoms with van der Waals surface area (Å²) >= 11 is 20.7. The van der Waals surface area contributed by atoms with Crippen molar-refractivity contribution in [1.82, 2.24) is 5.32 Å². The second-order valence-electron chi connectivity index (χ2n) is 3.66. The zero-order valence-corrected chi connectivity index (χ0v) is 14.8. The number of rotatable bonds is 3. The Balaban J connectivity index is 2.48. The largest absolute Gasteiger partial charge is 0.309 e. The van der Waals surface area contributed by atoms with Crippen LogP contribution in [-0.2, 0) is 0 Å². The molecule has 96 valence electrons. The van der Waals surface area contributed by atoms with Crippen LogP contribution in [0, 0.1) is 0 Å². The second-order valence-corrected chi connectivity index (χ2v) is 7.49. The smallest absolute Gasteiger partial charge is 0.107 e. The Morgan fingerprint density at radius 1 is 1.17 bits per heavy atom. The molecule has 1 unspecified atom stereocenters. The Kier molecular flexibility index (Phi) is 5.14. The molecule has 6 heteroatoms. The van der Waals surface area contributed by atoms with Crippen LogP contribution in [0.15, 0.2) is 33.2 Å². The molecule has 0 aliphatic carbocycles. The third-order valence-corrected chi connectivity index (χ3v) is 6.00. The first-order valence-electron chi connectivity index (χ1n) is 5.10. The normalized spacial score (nSPS) is 12.7. The van der Waals surface area contributed by atoms with Gasteiger partial charge in [0.15, 0.2) is 0 Å². The van der Waals surface area contributed by atoms with Crippen molar-refractivity contribution in [3.05, 3.63) is 53.0 Å². The van der Waals surface area contributed by atoms with Gasteiger partial charge in [-0.3, -0.25) is 0 Å². The molecule has 1 aromatic carbocycles. The fourth-order valence-corrected chi connectivity index (χ4v) is 4.21. The van der Waals surface area contributed by atoms with Crippen LogP contribution >= 0.6 is 66.4 Å². The molecular formula is C12H9Br2Cl2NS. The molecule has 0 saturated carbocycles. The van der Waals surface area contributed by atoms with Crippen molar-refractivity contribution >= 4 is 66.4 Å². The van der Waals surface area contributed by atoms with Gasteiger partial charge in [0.1, 0.15) is 4.34 Å². The highest BCUT2D eigenvalue weighted by molar-refractivity contribution is 9.10. The summed E-state index contributed by atoms with van der Waals surface area (Å²) in [6, 6.07) is 7.85. The molecule has 18 heavy (non-hydrogen) atoms. The van der Waals surface area contributed by atoms with E-state index >= 15 is 0 Å². The predicted molar refractivity (Wildman–Crippen MR) is 87.1 cm³/mol. The van der Waals surface area contributed by atoms with Gasteiger partial charge in [-0.1, -0.05) is 39.1 Å². The van der Waals surface area contributed by atoms with E-state index in [2.05, 4.69) is 37.2 Å². The second kappa shape index (κ2) is 6.25. The summed E-state index contributed by atoms with van der Waals surface area (Å²) in [5, 5.41) is 4.00. The van der Waals surface area contributed by atoms with E-state index in [1.807, 2.05) is 31.3 Å². The lowest BCUT2D eigenvalue weighted by Crippen LogP contribution is -2.16. The molecule has 1 aromatic heterocycles. The predicted octanol–water partition coefficient (Wildman–Crippen LogP) is 5.89. The quantitative estimate of drug-likeness (QED) is 0.641. The molecule has 0 saturated heterocycles. The summed E-state index contributed by atoms with van der Waals surface area (Å²) in [6.07, 6.45) is 0. The van der Waals surface area contributed by atoms with Crippen LogP contribution in [0.4, 0.5) is 0 Å². The molecule has 1 nitrogen and oxygen atoms in total. The molecule has 1 N–H and O–H groups in total. The van der Waals surface area contributed by atoms with Gasteiger partial charge in [0.2, 0.25) is 0 Å². The van der Waals surface area contributed by atoms with Gasteiger partial charge in [-0.25, -0.2) is 0 Å². The average molecular weight is 430 g/mol. The van der Waals surface area contributed by atoms with Gasteiger partial charge in [0.05, 0.1) is 6.04 Å². The third-order valence-electron chi connectivity index (χ3n) is 2.51. The van der Waals surface area contributed by atoms with Crippen molar-refractivity contribution < 1.29 is 0 Å². The van der Waals surface area contributed by atoms with Gasteiger partial charge in [-0.15, -0.1) is 11.3 Å². The van der Waals surface area contributed by atoms with Crippen molar-refractivity contribution in [1.29, 1.82) is 0 Å². The maximum absolute atomic E-state index is 6.10. The monoisotopic (exact) mass is 427 g/mol. The fourth-order valence-electron chi connectivity index (χ4n) is 1.69. The first-order valence-corrected chi connectivity index (χ1v) is 8.25. The van der Waals surface area contributed by atoms with Crippen LogP contribution in [0.5, 0.6) is 0 Å². The van der Waals surface area contributed by atoms with Gasteiger partial charge in [-0.05, 0) is 52.8 Å². The zero-order valence-electron chi connectivity index (χ0n) is 9.31. The minimum Gasteiger partial charge on any atom is -0.309 e. The first kappa shape index (κ1) is 14.8. The van der Waals surface area contributed by atoms with E-state index in [9.17, 15) is 0 Å². The van der Waals surface area contributed by atoms with Gasteiger partial charge in [0.25, 0.3) is 0 Å². The van der Waals surface area contributed by atoms with E-state index in [1.54, 1.807) is 11.3 Å². The lowest BCUT2D eigenvalue weighted by molar-refractivity contribution is 0.701. The molecule has 0 aliphatic rings. The van der Waals surface area contributed by atoms with E-state index in [4.69, 9.17) is 23.2 Å². The Morgan fingerprint density at radius 3 is 2.44 bits per heavy atom. The first-order chi connectivity index (χ1) is 8.52. The van der Waals surface area contributed by atoms with Gasteiger partial charge < -0.3 is 5.32 Å². The van der Waals surface area contributed by atoms with Crippen molar-refractivity contribution in [2.24, 2.45) is 0 Å². The molecule has 0 bridgehead atoms. The summed E-state index contributed by atoms with van der Waals surface area (Å²) in [6.45, 7) is 0. The molecule has 0 aliphatic heterocycles. The molecule has 1 heterocycles. The lowest BCUT2D eigenvalue weighted by Gasteiger charge is -2.17. The highest BCUT2D eigenvalue weighted by Gasteiger charge is 2.19. The number of hydrogen-bond acceptors (Lipinski definition) is 2. The molecular weight excluding hydrogens is 421 g/mol. The standard InChI is InChI=1S/C12H9Br2Cl2NS/c1-17-11(10-5-9(14)12(16)18-10)7-4-6(15)2-3-8(7)13/h2-5,11,17H,1H3. The van der Waals surface area contributed by atoms with Crippen LogP contribution in [0.1, 0.15) is 16.5 Å². The minimum atomic E-state index is 0.0619. The van der Waals surface area contributed by atoms with Gasteiger partial charge in [-0.2, -0.15) is 0 Å². The Labute approximate surface area is 137 Å². The average Bonchev–Trinajstić information content (AvgIpc) is 2.65. The third kappa shape index (κ3) is 3.11. The fraction of sp³-hybridized carbons (Fsp3) is 0.167. The maximum Gasteiger partial charge on any atom is 0.107 e. The van der Waals surface area contributed by atoms with Crippen LogP contribution in [0.2, 0.25) is 9.36 Å². The van der Waals surface area contributed by atoms with Gasteiger partial charge >= 0.3 is 0 Å². The topological polar surface area (TPSA) is 12.0 Å². The molecule has 0 radical (unpaired) electrons. The number of thiophene rings is 1. The Hall–Kier alpha value is 0.420. The van der Waals surface area contributed by atoms with Crippen LogP contribution in [0.25, 0.3) is 0 Å². The van der Waals surface area contributed by atoms with E-state index in [0.29, 0.717) is 0 Å². The summed E-state index contributed by atoms with van der Waals surface area (Å²) in [5.41, 5.74) is 1.09. The van der Waals surface area contributed by atoms with Crippen LogP contribution in [-0.4, -0.2) is 7.05 Å². The van der Waals surface area contributed by atoms with Crippen molar-refractivity contribution in [3.63, 3.8) is 0 Å². The minimum absolute atomic E-state index is 0.0619. The van der Waals surface area contributed by atoms with Crippen LogP contribution in [0.3, 0.4) is 0 Å². The highest BCUT2D eigenvalue weighted by Crippen LogP contribution is 2.39. The summed E-state index contributed by atoms with van der Waals surface area (Å²) in [4.78, 5) is 1.14. The summed E-state index contributed by atoms with van der Waals surface area (Å²) in [7, 11) is 1.92. The van der Waals surface area contributed by atoms with Gasteiger partial charge in [0, 0.05) is 18.8 Å². The SMILES string of the molecule is CNC(c1cc(Br)c(Cl)s1)c1cc(Cl)ccc1Br. The van der Waals surface area contributed by atoms with Crippen molar-refractivity contribution in [2.75, 3.05) is 7.05 Å². The summed E-state index contributed by atoms with van der Waals surface area (Å²) < 4.78 is 2.69. The highest BCUT2D eigenvalue weighted by atomic mass is 79.9. The Bertz CT molecular complexity index is 552. The van der Waals surface area contributed by atoms with E-state index in [-0.39, 0.29) is 6.04 Å². The molecule has 0 amide bonds. The van der Waals surface area contributed by atoms with E-state index in [1.165, 1.54) is 0 Å². The number of hydrogen-bond donors (Lipinski definition) is 1. The molecule has 0 fully saturated rings. The molecule has 0 spiro atoms.